The largest absolute Gasteiger partial charge is 0.374 e. The molecule has 6 heteroatoms. The van der Waals surface area contributed by atoms with E-state index in [0.29, 0.717) is 25.2 Å². The summed E-state index contributed by atoms with van der Waals surface area (Å²) in [6.07, 6.45) is 1.35. The summed E-state index contributed by atoms with van der Waals surface area (Å²) in [6, 6.07) is 9.89. The molecule has 1 aliphatic heterocycles. The fourth-order valence-corrected chi connectivity index (χ4v) is 2.92. The molecule has 2 atom stereocenters. The van der Waals surface area contributed by atoms with Crippen LogP contribution in [0.25, 0.3) is 0 Å². The molecule has 132 valence electrons. The van der Waals surface area contributed by atoms with Crippen LogP contribution < -0.4 is 11.2 Å². The van der Waals surface area contributed by atoms with Gasteiger partial charge in [0.05, 0.1) is 13.2 Å². The van der Waals surface area contributed by atoms with Crippen LogP contribution in [0.1, 0.15) is 23.8 Å². The summed E-state index contributed by atoms with van der Waals surface area (Å²) >= 11 is 0. The number of ether oxygens (including phenoxy) is 2. The Morgan fingerprint density at radius 1 is 1.28 bits per heavy atom. The van der Waals surface area contributed by atoms with E-state index in [0.717, 1.165) is 15.7 Å². The molecule has 1 aromatic heterocycles. The second-order valence-electron chi connectivity index (χ2n) is 6.31. The highest BCUT2D eigenvalue weighted by Gasteiger charge is 2.31. The lowest BCUT2D eigenvalue weighted by Gasteiger charge is -2.17. The molecule has 0 spiro atoms. The molecule has 1 aromatic carbocycles. The van der Waals surface area contributed by atoms with E-state index in [1.807, 2.05) is 30.3 Å². The molecule has 3 rings (SSSR count). The fourth-order valence-electron chi connectivity index (χ4n) is 2.92. The third-order valence-electron chi connectivity index (χ3n) is 4.39. The summed E-state index contributed by atoms with van der Waals surface area (Å²) in [5.74, 6) is 0. The van der Waals surface area contributed by atoms with Crippen molar-refractivity contribution in [1.82, 2.24) is 9.13 Å². The van der Waals surface area contributed by atoms with Crippen molar-refractivity contribution in [3.05, 3.63) is 80.6 Å². The van der Waals surface area contributed by atoms with E-state index in [-0.39, 0.29) is 17.4 Å². The minimum atomic E-state index is -0.462. The Hall–Kier alpha value is -2.44. The van der Waals surface area contributed by atoms with E-state index in [1.54, 1.807) is 13.1 Å². The van der Waals surface area contributed by atoms with Gasteiger partial charge in [0, 0.05) is 25.2 Å². The molecule has 0 N–H and O–H groups in total. The number of benzene rings is 1. The molecular weight excluding hydrogens is 320 g/mol. The Kier molecular flexibility index (Phi) is 5.01. The van der Waals surface area contributed by atoms with Gasteiger partial charge in [0.2, 0.25) is 0 Å². The zero-order chi connectivity index (χ0) is 18.0. The summed E-state index contributed by atoms with van der Waals surface area (Å²) in [4.78, 5) is 24.2. The van der Waals surface area contributed by atoms with Gasteiger partial charge in [-0.25, -0.2) is 4.79 Å². The zero-order valence-corrected chi connectivity index (χ0v) is 14.5. The Morgan fingerprint density at radius 3 is 2.72 bits per heavy atom. The molecule has 0 saturated carbocycles. The SMILES string of the molecule is C=C1C[C@@H](n2cc(C)c(=O)n(C)c2=O)O[C@H]1COCc1ccccc1. The van der Waals surface area contributed by atoms with Gasteiger partial charge in [-0.3, -0.25) is 13.9 Å². The molecule has 0 bridgehead atoms. The van der Waals surface area contributed by atoms with Crippen LogP contribution in [0.3, 0.4) is 0 Å². The van der Waals surface area contributed by atoms with Crippen LogP contribution in [0.15, 0.2) is 58.3 Å². The Balaban J connectivity index is 1.67. The number of nitrogens with zero attached hydrogens (tertiary/aromatic N) is 2. The maximum atomic E-state index is 12.3. The van der Waals surface area contributed by atoms with E-state index < -0.39 is 6.23 Å². The molecule has 2 aromatic rings. The standard InChI is InChI=1S/C19H22N2O4/c1-13-9-17(21-10-14(2)18(22)20(3)19(21)23)25-16(13)12-24-11-15-7-5-4-6-8-15/h4-8,10,16-17H,1,9,11-12H2,2-3H3/t16-,17-/m0/s1. The van der Waals surface area contributed by atoms with Gasteiger partial charge >= 0.3 is 5.69 Å². The number of hydrogen-bond donors (Lipinski definition) is 0. The number of hydrogen-bond acceptors (Lipinski definition) is 4. The van der Waals surface area contributed by atoms with Crippen molar-refractivity contribution in [3.63, 3.8) is 0 Å². The summed E-state index contributed by atoms with van der Waals surface area (Å²) in [7, 11) is 1.47. The fraction of sp³-hybridized carbons (Fsp3) is 0.368. The molecule has 25 heavy (non-hydrogen) atoms. The molecular formula is C19H22N2O4. The van der Waals surface area contributed by atoms with Crippen LogP contribution >= 0.6 is 0 Å². The molecule has 1 aliphatic rings. The van der Waals surface area contributed by atoms with Crippen LogP contribution in [-0.2, 0) is 23.1 Å². The zero-order valence-electron chi connectivity index (χ0n) is 14.5. The molecule has 0 radical (unpaired) electrons. The molecule has 1 saturated heterocycles. The summed E-state index contributed by atoms with van der Waals surface area (Å²) in [6.45, 7) is 6.60. The van der Waals surface area contributed by atoms with E-state index in [1.165, 1.54) is 11.6 Å². The molecule has 2 heterocycles. The van der Waals surface area contributed by atoms with Crippen LogP contribution in [-0.4, -0.2) is 21.8 Å². The van der Waals surface area contributed by atoms with E-state index >= 15 is 0 Å². The van der Waals surface area contributed by atoms with Crippen LogP contribution in [0.4, 0.5) is 0 Å². The van der Waals surface area contributed by atoms with Crippen LogP contribution in [0, 0.1) is 6.92 Å². The summed E-state index contributed by atoms with van der Waals surface area (Å²) in [5.41, 5.74) is 1.80. The lowest BCUT2D eigenvalue weighted by atomic mass is 10.1. The van der Waals surface area contributed by atoms with Gasteiger partial charge in [-0.05, 0) is 18.1 Å². The predicted molar refractivity (Wildman–Crippen MR) is 94.4 cm³/mol. The van der Waals surface area contributed by atoms with E-state index in [9.17, 15) is 9.59 Å². The normalized spacial score (nSPS) is 20.2. The molecule has 0 unspecified atom stereocenters. The molecule has 6 nitrogen and oxygen atoms in total. The first-order valence-corrected chi connectivity index (χ1v) is 8.21. The lowest BCUT2D eigenvalue weighted by Crippen LogP contribution is -2.40. The highest BCUT2D eigenvalue weighted by atomic mass is 16.6. The van der Waals surface area contributed by atoms with Crippen molar-refractivity contribution in [1.29, 1.82) is 0 Å². The van der Waals surface area contributed by atoms with Gasteiger partial charge in [-0.2, -0.15) is 0 Å². The molecule has 0 amide bonds. The van der Waals surface area contributed by atoms with Gasteiger partial charge in [-0.15, -0.1) is 0 Å². The van der Waals surface area contributed by atoms with Crippen molar-refractivity contribution in [3.8, 4) is 0 Å². The summed E-state index contributed by atoms with van der Waals surface area (Å²) < 4.78 is 14.2. The lowest BCUT2D eigenvalue weighted by molar-refractivity contribution is -0.0404. The van der Waals surface area contributed by atoms with Crippen molar-refractivity contribution in [2.75, 3.05) is 6.61 Å². The Labute approximate surface area is 145 Å². The minimum Gasteiger partial charge on any atom is -0.374 e. The quantitative estimate of drug-likeness (QED) is 0.779. The van der Waals surface area contributed by atoms with Gasteiger partial charge in [0.25, 0.3) is 5.56 Å². The van der Waals surface area contributed by atoms with Gasteiger partial charge in [-0.1, -0.05) is 36.9 Å². The average molecular weight is 342 g/mol. The first-order chi connectivity index (χ1) is 12.0. The van der Waals surface area contributed by atoms with Gasteiger partial charge in [0.15, 0.2) is 0 Å². The predicted octanol–water partition coefficient (Wildman–Crippen LogP) is 1.92. The second-order valence-corrected chi connectivity index (χ2v) is 6.31. The Morgan fingerprint density at radius 2 is 2.00 bits per heavy atom. The number of aryl methyl sites for hydroxylation is 1. The first kappa shape index (κ1) is 17.4. The number of rotatable bonds is 5. The maximum Gasteiger partial charge on any atom is 0.332 e. The highest BCUT2D eigenvalue weighted by Crippen LogP contribution is 2.31. The van der Waals surface area contributed by atoms with Crippen molar-refractivity contribution in [2.45, 2.75) is 32.3 Å². The summed E-state index contributed by atoms with van der Waals surface area (Å²) in [5, 5.41) is 0. The van der Waals surface area contributed by atoms with Crippen LogP contribution in [0.5, 0.6) is 0 Å². The molecule has 0 aliphatic carbocycles. The first-order valence-electron chi connectivity index (χ1n) is 8.21. The number of aromatic nitrogens is 2. The van der Waals surface area contributed by atoms with Crippen molar-refractivity contribution < 1.29 is 9.47 Å². The monoisotopic (exact) mass is 342 g/mol. The van der Waals surface area contributed by atoms with E-state index in [2.05, 4.69) is 6.58 Å². The van der Waals surface area contributed by atoms with Crippen molar-refractivity contribution >= 4 is 0 Å². The maximum absolute atomic E-state index is 12.3. The average Bonchev–Trinajstić information content (AvgIpc) is 2.98. The van der Waals surface area contributed by atoms with Gasteiger partial charge in [0.1, 0.15) is 12.3 Å². The minimum absolute atomic E-state index is 0.266. The third kappa shape index (κ3) is 3.65. The van der Waals surface area contributed by atoms with Gasteiger partial charge < -0.3 is 9.47 Å². The topological polar surface area (TPSA) is 62.5 Å². The molecule has 1 fully saturated rings. The van der Waals surface area contributed by atoms with Crippen LogP contribution in [0.2, 0.25) is 0 Å². The van der Waals surface area contributed by atoms with E-state index in [4.69, 9.17) is 9.47 Å². The third-order valence-corrected chi connectivity index (χ3v) is 4.39. The smallest absolute Gasteiger partial charge is 0.332 e. The second kappa shape index (κ2) is 7.21. The Bertz CT molecular complexity index is 883. The highest BCUT2D eigenvalue weighted by molar-refractivity contribution is 5.14. The van der Waals surface area contributed by atoms with Crippen molar-refractivity contribution in [2.24, 2.45) is 7.05 Å².